The Morgan fingerprint density at radius 2 is 2.12 bits per heavy atom. The van der Waals surface area contributed by atoms with Crippen LogP contribution in [0.5, 0.6) is 5.88 Å². The molecule has 10 heteroatoms. The molecule has 0 spiro atoms. The Balaban J connectivity index is 1.73. The zero-order chi connectivity index (χ0) is 22.8. The predicted octanol–water partition coefficient (Wildman–Crippen LogP) is 1.13. The van der Waals surface area contributed by atoms with Gasteiger partial charge in [-0.15, -0.1) is 0 Å². The van der Waals surface area contributed by atoms with Crippen molar-refractivity contribution in [1.82, 2.24) is 20.0 Å². The van der Waals surface area contributed by atoms with Crippen LogP contribution in [0.4, 0.5) is 0 Å². The number of aromatic amines is 1. The van der Waals surface area contributed by atoms with Crippen molar-refractivity contribution in [3.63, 3.8) is 0 Å². The van der Waals surface area contributed by atoms with Crippen molar-refractivity contribution >= 4 is 23.5 Å². The Labute approximate surface area is 185 Å². The molecule has 0 unspecified atom stereocenters. The third-order valence-corrected chi connectivity index (χ3v) is 5.56. The number of nitrogens with one attached hydrogen (secondary N) is 2. The Morgan fingerprint density at radius 3 is 2.84 bits per heavy atom. The molecule has 0 aromatic carbocycles. The molecule has 2 amide bonds. The van der Waals surface area contributed by atoms with Gasteiger partial charge in [0.15, 0.2) is 0 Å². The third-order valence-electron chi connectivity index (χ3n) is 5.56. The van der Waals surface area contributed by atoms with Crippen molar-refractivity contribution in [2.75, 3.05) is 13.2 Å². The molecule has 3 heterocycles. The van der Waals surface area contributed by atoms with E-state index in [-0.39, 0.29) is 29.3 Å². The van der Waals surface area contributed by atoms with Gasteiger partial charge in [0.1, 0.15) is 0 Å². The van der Waals surface area contributed by atoms with Crippen molar-refractivity contribution < 1.29 is 24.1 Å². The number of aromatic hydroxyl groups is 1. The van der Waals surface area contributed by atoms with Crippen LogP contribution in [0.25, 0.3) is 11.7 Å². The number of hydroxylamine groups is 2. The molecule has 1 aliphatic heterocycles. The number of hydrogen-bond donors (Lipinski definition) is 3. The molecule has 4 rings (SSSR count). The second-order valence-corrected chi connectivity index (χ2v) is 8.81. The molecule has 1 saturated carbocycles. The number of H-pyrrole nitrogens is 1. The number of aromatic nitrogens is 3. The van der Waals surface area contributed by atoms with Gasteiger partial charge < -0.3 is 10.4 Å². The highest BCUT2D eigenvalue weighted by Gasteiger charge is 2.34. The quantitative estimate of drug-likeness (QED) is 0.456. The zero-order valence-electron chi connectivity index (χ0n) is 18.5. The zero-order valence-corrected chi connectivity index (χ0v) is 18.5. The Morgan fingerprint density at radius 1 is 1.34 bits per heavy atom. The van der Waals surface area contributed by atoms with Crippen LogP contribution in [-0.2, 0) is 16.2 Å². The average molecular weight is 445 g/mol. The SMILES string of the molecule is CC(C)C[n+]1c(O)c(C(=O)NC2CC2)c(=O)n2[nH]cc(/C=C/C(=O)N3CCCCCO3)c21. The summed E-state index contributed by atoms with van der Waals surface area (Å²) in [6.45, 7) is 5.36. The maximum absolute atomic E-state index is 13.0. The van der Waals surface area contributed by atoms with Gasteiger partial charge in [0.2, 0.25) is 5.56 Å². The van der Waals surface area contributed by atoms with Crippen molar-refractivity contribution in [3.05, 3.63) is 33.8 Å². The number of nitrogens with zero attached hydrogens (tertiary/aromatic N) is 3. The summed E-state index contributed by atoms with van der Waals surface area (Å²) in [6.07, 6.45) is 9.11. The summed E-state index contributed by atoms with van der Waals surface area (Å²) in [5, 5.41) is 17.9. The Hall–Kier alpha value is -3.14. The van der Waals surface area contributed by atoms with Crippen LogP contribution < -0.4 is 15.4 Å². The second-order valence-electron chi connectivity index (χ2n) is 8.81. The van der Waals surface area contributed by atoms with Gasteiger partial charge in [-0.25, -0.2) is 15.0 Å². The van der Waals surface area contributed by atoms with E-state index in [1.807, 2.05) is 13.8 Å². The number of carbonyl (C=O) groups excluding carboxylic acids is 2. The average Bonchev–Trinajstić information content (AvgIpc) is 3.51. The smallest absolute Gasteiger partial charge is 0.378 e. The minimum atomic E-state index is -0.641. The molecule has 172 valence electrons. The summed E-state index contributed by atoms with van der Waals surface area (Å²) >= 11 is 0. The van der Waals surface area contributed by atoms with E-state index in [2.05, 4.69) is 10.4 Å². The first kappa shape index (κ1) is 22.1. The van der Waals surface area contributed by atoms with Gasteiger partial charge in [-0.05, 0) is 44.1 Å². The molecular weight excluding hydrogens is 414 g/mol. The topological polar surface area (TPSA) is 120 Å². The first-order valence-corrected chi connectivity index (χ1v) is 11.2. The van der Waals surface area contributed by atoms with E-state index in [0.29, 0.717) is 30.9 Å². The van der Waals surface area contributed by atoms with Crippen LogP contribution in [0.1, 0.15) is 61.9 Å². The molecule has 1 aliphatic carbocycles. The fourth-order valence-corrected chi connectivity index (χ4v) is 3.80. The predicted molar refractivity (Wildman–Crippen MR) is 116 cm³/mol. The standard InChI is InChI=1S/C22H29N5O5/c1-14(2)13-25-20-15(6-9-17(28)26-10-4-3-5-11-32-26)12-23-27(20)22(31)18(21(25)30)19(29)24-16-7-8-16/h6,9,12,14,16H,3-5,7-8,10-11,13H2,1-2H3,(H2,24,29,30,31)/p+1/b9-6+. The van der Waals surface area contributed by atoms with Crippen LogP contribution in [0.15, 0.2) is 17.1 Å². The summed E-state index contributed by atoms with van der Waals surface area (Å²) in [7, 11) is 0. The number of hydrogen-bond acceptors (Lipinski definition) is 5. The monoisotopic (exact) mass is 444 g/mol. The lowest BCUT2D eigenvalue weighted by Crippen LogP contribution is -2.46. The lowest BCUT2D eigenvalue weighted by molar-refractivity contribution is -0.686. The van der Waals surface area contributed by atoms with Gasteiger partial charge in [0.25, 0.3) is 11.8 Å². The van der Waals surface area contributed by atoms with Crippen LogP contribution in [-0.4, -0.2) is 50.8 Å². The van der Waals surface area contributed by atoms with Gasteiger partial charge in [-0.1, -0.05) is 18.4 Å². The van der Waals surface area contributed by atoms with Crippen LogP contribution in [0.3, 0.4) is 0 Å². The van der Waals surface area contributed by atoms with Crippen LogP contribution in [0.2, 0.25) is 0 Å². The maximum Gasteiger partial charge on any atom is 0.378 e. The van der Waals surface area contributed by atoms with Gasteiger partial charge >= 0.3 is 17.1 Å². The summed E-state index contributed by atoms with van der Waals surface area (Å²) in [4.78, 5) is 43.8. The van der Waals surface area contributed by atoms with E-state index in [1.165, 1.54) is 20.2 Å². The van der Waals surface area contributed by atoms with E-state index in [9.17, 15) is 19.5 Å². The highest BCUT2D eigenvalue weighted by molar-refractivity contribution is 5.96. The van der Waals surface area contributed by atoms with E-state index >= 15 is 0 Å². The Bertz CT molecular complexity index is 1100. The van der Waals surface area contributed by atoms with Gasteiger partial charge in [-0.3, -0.25) is 14.4 Å². The van der Waals surface area contributed by atoms with Gasteiger partial charge in [0, 0.05) is 18.7 Å². The fraction of sp³-hybridized carbons (Fsp3) is 0.545. The lowest BCUT2D eigenvalue weighted by Gasteiger charge is -2.16. The van der Waals surface area contributed by atoms with Gasteiger partial charge in [-0.2, -0.15) is 4.57 Å². The highest BCUT2D eigenvalue weighted by atomic mass is 16.7. The summed E-state index contributed by atoms with van der Waals surface area (Å²) < 4.78 is 2.77. The molecule has 2 fully saturated rings. The molecule has 3 N–H and O–H groups in total. The van der Waals surface area contributed by atoms with E-state index < -0.39 is 11.5 Å². The molecule has 32 heavy (non-hydrogen) atoms. The second kappa shape index (κ2) is 9.15. The number of carbonyl (C=O) groups is 2. The lowest BCUT2D eigenvalue weighted by atomic mass is 10.2. The largest absolute Gasteiger partial charge is 0.477 e. The van der Waals surface area contributed by atoms with Crippen molar-refractivity contribution in [2.24, 2.45) is 5.92 Å². The molecule has 0 atom stereocenters. The first-order valence-electron chi connectivity index (χ1n) is 11.2. The summed E-state index contributed by atoms with van der Waals surface area (Å²) in [5.41, 5.74) is -0.0145. The van der Waals surface area contributed by atoms with E-state index in [0.717, 1.165) is 32.1 Å². The van der Waals surface area contributed by atoms with Gasteiger partial charge in [0.05, 0.1) is 24.9 Å². The summed E-state index contributed by atoms with van der Waals surface area (Å²) in [5.74, 6) is -1.11. The van der Waals surface area contributed by atoms with Crippen molar-refractivity contribution in [1.29, 1.82) is 0 Å². The molecule has 0 radical (unpaired) electrons. The van der Waals surface area contributed by atoms with Crippen molar-refractivity contribution in [2.45, 2.75) is 58.5 Å². The molecular formula is C22H30N5O5+. The third kappa shape index (κ3) is 4.55. The molecule has 2 aromatic rings. The van der Waals surface area contributed by atoms with E-state index in [1.54, 1.807) is 12.3 Å². The molecule has 2 aliphatic rings. The number of rotatable bonds is 6. The highest BCUT2D eigenvalue weighted by Crippen LogP contribution is 2.21. The van der Waals surface area contributed by atoms with Crippen LogP contribution in [0, 0.1) is 5.92 Å². The Kier molecular flexibility index (Phi) is 6.31. The first-order chi connectivity index (χ1) is 15.4. The molecule has 10 nitrogen and oxygen atoms in total. The minimum Gasteiger partial charge on any atom is -0.477 e. The van der Waals surface area contributed by atoms with E-state index in [4.69, 9.17) is 4.84 Å². The molecule has 2 aromatic heterocycles. The van der Waals surface area contributed by atoms with Crippen molar-refractivity contribution in [3.8, 4) is 5.88 Å². The normalized spacial score (nSPS) is 17.3. The minimum absolute atomic E-state index is 0.0508. The molecule has 0 bridgehead atoms. The number of fused-ring (bicyclic) bond motifs is 1. The van der Waals surface area contributed by atoms with Crippen LogP contribution >= 0.6 is 0 Å². The molecule has 1 saturated heterocycles. The number of amides is 2. The maximum atomic E-state index is 13.0. The fourth-order valence-electron chi connectivity index (χ4n) is 3.80. The summed E-state index contributed by atoms with van der Waals surface area (Å²) in [6, 6.07) is 0.0508.